The largest absolute Gasteiger partial charge is 0.508 e. The maximum absolute atomic E-state index is 16.9. The summed E-state index contributed by atoms with van der Waals surface area (Å²) in [5.41, 5.74) is -1.04. The fourth-order valence-corrected chi connectivity index (χ4v) is 7.00. The molecule has 2 N–H and O–H groups in total. The van der Waals surface area contributed by atoms with Gasteiger partial charge in [-0.25, -0.2) is 8.78 Å². The molecule has 4 fully saturated rings. The van der Waals surface area contributed by atoms with E-state index in [9.17, 15) is 9.50 Å². The van der Waals surface area contributed by atoms with Crippen LogP contribution in [0.1, 0.15) is 34.0 Å². The predicted octanol–water partition coefficient (Wildman–Crippen LogP) is 4.24. The van der Waals surface area contributed by atoms with Crippen molar-refractivity contribution in [2.45, 2.75) is 37.8 Å². The summed E-state index contributed by atoms with van der Waals surface area (Å²) >= 11 is 0. The maximum atomic E-state index is 16.9. The number of phenolic OH excluding ortho intramolecular Hbond substituents is 1. The molecule has 2 bridgehead atoms. The zero-order valence-electron chi connectivity index (χ0n) is 26.7. The highest BCUT2D eigenvalue weighted by molar-refractivity contribution is 6.03. The van der Waals surface area contributed by atoms with Crippen LogP contribution in [0.25, 0.3) is 32.9 Å². The normalized spacial score (nSPS) is 23.5. The van der Waals surface area contributed by atoms with Crippen molar-refractivity contribution in [3.8, 4) is 35.4 Å². The van der Waals surface area contributed by atoms with Crippen molar-refractivity contribution in [2.24, 2.45) is 5.41 Å². The van der Waals surface area contributed by atoms with Crippen LogP contribution in [0.15, 0.2) is 30.5 Å². The lowest BCUT2D eigenvalue weighted by Gasteiger charge is -2.34. The summed E-state index contributed by atoms with van der Waals surface area (Å²) in [4.78, 5) is 17.9. The van der Waals surface area contributed by atoms with Crippen LogP contribution in [-0.4, -0.2) is 89.5 Å². The number of hydrogen-bond acceptors (Lipinski definition) is 9. The molecule has 9 nitrogen and oxygen atoms in total. The Labute approximate surface area is 262 Å². The van der Waals surface area contributed by atoms with E-state index in [1.807, 2.05) is 0 Å². The molecule has 0 unspecified atom stereocenters. The predicted molar refractivity (Wildman–Crippen MR) is 166 cm³/mol. The second-order valence-electron chi connectivity index (χ2n) is 12.6. The van der Waals surface area contributed by atoms with Crippen LogP contribution in [-0.2, 0) is 4.74 Å². The number of nitrogens with zero attached hydrogens (tertiary/aromatic N) is 5. The van der Waals surface area contributed by atoms with E-state index >= 15 is 4.39 Å². The minimum atomic E-state index is -2.13. The zero-order valence-corrected chi connectivity index (χ0v) is 24.7. The number of halogens is 2. The third kappa shape index (κ3) is 5.21. The van der Waals surface area contributed by atoms with Crippen molar-refractivity contribution in [1.29, 1.82) is 0 Å². The SMILES string of the molecule is [2H]C([2H])(Oc1nc(N2C[C@H]3CC[C@@H](C2)N3)c2cnc(-c3cc(O)cc4ccc(F)c(C#C)c34)c(F)c2n1)C1(CN2CCOCC2)CC1. The fourth-order valence-electron chi connectivity index (χ4n) is 7.00. The van der Waals surface area contributed by atoms with E-state index in [4.69, 9.17) is 23.6 Å². The lowest BCUT2D eigenvalue weighted by atomic mass is 9.96. The first-order valence-corrected chi connectivity index (χ1v) is 15.4. The summed E-state index contributed by atoms with van der Waals surface area (Å²) in [5.74, 6) is 1.09. The number of aromatic hydroxyl groups is 1. The second kappa shape index (κ2) is 11.1. The number of phenols is 1. The summed E-state index contributed by atoms with van der Waals surface area (Å²) in [6.45, 7) is 2.26. The number of nitrogens with one attached hydrogen (secondary N) is 1. The molecule has 1 aliphatic carbocycles. The number of morpholine rings is 1. The van der Waals surface area contributed by atoms with E-state index in [2.05, 4.69) is 31.0 Å². The van der Waals surface area contributed by atoms with Gasteiger partial charge in [0.2, 0.25) is 0 Å². The minimum absolute atomic E-state index is 0.0781. The summed E-state index contributed by atoms with van der Waals surface area (Å²) < 4.78 is 61.3. The Kier molecular flexibility index (Phi) is 6.42. The molecule has 232 valence electrons. The maximum Gasteiger partial charge on any atom is 0.319 e. The van der Waals surface area contributed by atoms with Gasteiger partial charge in [0.05, 0.1) is 33.5 Å². The van der Waals surface area contributed by atoms with E-state index in [-0.39, 0.29) is 51.6 Å². The number of hydrogen-bond donors (Lipinski definition) is 2. The summed E-state index contributed by atoms with van der Waals surface area (Å²) in [6, 6.07) is 5.60. The third-order valence-electron chi connectivity index (χ3n) is 9.45. The Balaban J connectivity index is 1.26. The van der Waals surface area contributed by atoms with Crippen molar-refractivity contribution < 1.29 is 26.1 Å². The molecule has 8 rings (SSSR count). The number of pyridine rings is 1. The molecule has 45 heavy (non-hydrogen) atoms. The van der Waals surface area contributed by atoms with Crippen LogP contribution in [0.5, 0.6) is 11.8 Å². The highest BCUT2D eigenvalue weighted by atomic mass is 19.1. The summed E-state index contributed by atoms with van der Waals surface area (Å²) in [7, 11) is 0. The quantitative estimate of drug-likeness (QED) is 0.297. The van der Waals surface area contributed by atoms with Crippen molar-refractivity contribution in [3.05, 3.63) is 47.7 Å². The smallest absolute Gasteiger partial charge is 0.319 e. The van der Waals surface area contributed by atoms with Crippen LogP contribution in [0, 0.1) is 29.4 Å². The molecule has 2 atom stereocenters. The van der Waals surface area contributed by atoms with Gasteiger partial charge in [-0.1, -0.05) is 12.0 Å². The summed E-state index contributed by atoms with van der Waals surface area (Å²) in [5, 5.41) is 15.1. The fraction of sp³-hybridized carbons (Fsp3) is 0.441. The third-order valence-corrected chi connectivity index (χ3v) is 9.45. The first-order valence-electron chi connectivity index (χ1n) is 16.4. The standard InChI is InChI=1S/C34H34F2N6O3/c1-2-24-27(35)6-3-20-13-23(43)14-25(28(20)24)30-29(36)31-26(15-37-30)32(42-16-21-4-5-22(17-42)38-21)40-33(39-31)45-19-34(7-8-34)18-41-9-11-44-12-10-41/h1,3,6,13-15,21-22,38,43H,4-5,7-12,16-19H2/t21-,22+/i19D2. The number of rotatable bonds is 7. The van der Waals surface area contributed by atoms with Crippen LogP contribution in [0.3, 0.4) is 0 Å². The van der Waals surface area contributed by atoms with Gasteiger partial charge in [-0.3, -0.25) is 9.88 Å². The molecule has 5 heterocycles. The Morgan fingerprint density at radius 3 is 2.67 bits per heavy atom. The highest BCUT2D eigenvalue weighted by Crippen LogP contribution is 2.47. The van der Waals surface area contributed by atoms with E-state index < -0.39 is 23.6 Å². The number of anilines is 1. The van der Waals surface area contributed by atoms with Crippen molar-refractivity contribution in [1.82, 2.24) is 25.2 Å². The number of piperazine rings is 1. The Hall–Kier alpha value is -4.11. The second-order valence-corrected chi connectivity index (χ2v) is 12.6. The molecular weight excluding hydrogens is 578 g/mol. The van der Waals surface area contributed by atoms with Crippen LogP contribution in [0.2, 0.25) is 0 Å². The molecular formula is C34H34F2N6O3. The minimum Gasteiger partial charge on any atom is -0.508 e. The Bertz CT molecular complexity index is 1930. The van der Waals surface area contributed by atoms with Gasteiger partial charge in [0.1, 0.15) is 28.6 Å². The Morgan fingerprint density at radius 1 is 1.16 bits per heavy atom. The van der Waals surface area contributed by atoms with E-state index in [0.717, 1.165) is 25.9 Å². The van der Waals surface area contributed by atoms with E-state index in [0.29, 0.717) is 62.3 Å². The van der Waals surface area contributed by atoms with Gasteiger partial charge in [-0.15, -0.1) is 6.42 Å². The molecule has 3 saturated heterocycles. The number of aromatic nitrogens is 3. The van der Waals surface area contributed by atoms with Crippen LogP contribution >= 0.6 is 0 Å². The average Bonchev–Trinajstić information content (AvgIpc) is 3.78. The number of fused-ring (bicyclic) bond motifs is 4. The Morgan fingerprint density at radius 2 is 1.93 bits per heavy atom. The van der Waals surface area contributed by atoms with Crippen LogP contribution in [0.4, 0.5) is 14.6 Å². The van der Waals surface area contributed by atoms with Crippen molar-refractivity contribution in [3.63, 3.8) is 0 Å². The lowest BCUT2D eigenvalue weighted by Crippen LogP contribution is -2.51. The van der Waals surface area contributed by atoms with Crippen molar-refractivity contribution in [2.75, 3.05) is 57.4 Å². The van der Waals surface area contributed by atoms with Gasteiger partial charge in [-0.2, -0.15) is 9.97 Å². The molecule has 3 aliphatic heterocycles. The molecule has 4 aliphatic rings. The highest BCUT2D eigenvalue weighted by Gasteiger charge is 2.45. The van der Waals surface area contributed by atoms with E-state index in [1.165, 1.54) is 30.5 Å². The topological polar surface area (TPSA) is 95.9 Å². The zero-order chi connectivity index (χ0) is 32.5. The molecule has 0 radical (unpaired) electrons. The van der Waals surface area contributed by atoms with Crippen molar-refractivity contribution >= 4 is 27.5 Å². The van der Waals surface area contributed by atoms with Gasteiger partial charge in [-0.05, 0) is 49.3 Å². The van der Waals surface area contributed by atoms with Gasteiger partial charge < -0.3 is 24.8 Å². The monoisotopic (exact) mass is 614 g/mol. The molecule has 0 spiro atoms. The lowest BCUT2D eigenvalue weighted by molar-refractivity contribution is 0.0231. The molecule has 2 aromatic carbocycles. The number of benzene rings is 2. The summed E-state index contributed by atoms with van der Waals surface area (Å²) in [6.07, 6.45) is 10.4. The van der Waals surface area contributed by atoms with Gasteiger partial charge in [0.15, 0.2) is 5.82 Å². The molecule has 0 amide bonds. The molecule has 4 aromatic rings. The first-order chi connectivity index (χ1) is 22.6. The molecule has 1 saturated carbocycles. The molecule has 2 aromatic heterocycles. The van der Waals surface area contributed by atoms with Crippen LogP contribution < -0.4 is 15.0 Å². The van der Waals surface area contributed by atoms with Gasteiger partial charge in [0.25, 0.3) is 0 Å². The van der Waals surface area contributed by atoms with Gasteiger partial charge in [0, 0.05) is 67.4 Å². The molecule has 11 heteroatoms. The number of ether oxygens (including phenoxy) is 2. The first kappa shape index (κ1) is 26.1. The average molecular weight is 615 g/mol. The number of terminal acetylenes is 1. The van der Waals surface area contributed by atoms with Gasteiger partial charge >= 0.3 is 6.01 Å². The van der Waals surface area contributed by atoms with E-state index in [1.54, 1.807) is 0 Å².